The van der Waals surface area contributed by atoms with Crippen molar-refractivity contribution < 1.29 is 19.4 Å². The summed E-state index contributed by atoms with van der Waals surface area (Å²) in [5.74, 6) is -0.508. The molecule has 0 fully saturated rings. The predicted molar refractivity (Wildman–Crippen MR) is 95.2 cm³/mol. The third-order valence-corrected chi connectivity index (χ3v) is 4.15. The van der Waals surface area contributed by atoms with Crippen LogP contribution in [0.2, 0.25) is 0 Å². The number of nitrogens with one attached hydrogen (secondary N) is 1. The van der Waals surface area contributed by atoms with E-state index in [1.807, 2.05) is 43.3 Å². The maximum atomic E-state index is 12.1. The minimum Gasteiger partial charge on any atom is -0.469 e. The number of esters is 1. The van der Waals surface area contributed by atoms with Crippen molar-refractivity contribution in [1.82, 2.24) is 5.32 Å². The molecule has 0 saturated carbocycles. The highest BCUT2D eigenvalue weighted by molar-refractivity contribution is 5.74. The van der Waals surface area contributed by atoms with E-state index in [9.17, 15) is 14.7 Å². The van der Waals surface area contributed by atoms with Crippen LogP contribution < -0.4 is 11.1 Å². The van der Waals surface area contributed by atoms with Crippen molar-refractivity contribution in [3.8, 4) is 0 Å². The molecule has 0 aromatic heterocycles. The summed E-state index contributed by atoms with van der Waals surface area (Å²) in [6, 6.07) is 14.6. The molecule has 132 valence electrons. The van der Waals surface area contributed by atoms with Crippen LogP contribution in [0.3, 0.4) is 0 Å². The van der Waals surface area contributed by atoms with Crippen molar-refractivity contribution in [2.24, 2.45) is 0 Å². The van der Waals surface area contributed by atoms with Gasteiger partial charge in [0, 0.05) is 12.1 Å². The van der Waals surface area contributed by atoms with Gasteiger partial charge >= 0.3 is 12.1 Å². The average Bonchev–Trinajstić information content (AvgIpc) is 2.57. The summed E-state index contributed by atoms with van der Waals surface area (Å²) < 4.78 is 4.81. The minimum atomic E-state index is -1.22. The van der Waals surface area contributed by atoms with Crippen molar-refractivity contribution >= 4 is 17.7 Å². The van der Waals surface area contributed by atoms with Crippen LogP contribution in [0, 0.1) is 6.92 Å². The summed E-state index contributed by atoms with van der Waals surface area (Å²) in [4.78, 5) is 23.6. The van der Waals surface area contributed by atoms with E-state index in [-0.39, 0.29) is 6.42 Å². The van der Waals surface area contributed by atoms with Crippen LogP contribution in [0.1, 0.15) is 23.1 Å². The molecular formula is C19H22N2O4. The smallest absolute Gasteiger partial charge is 0.405 e. The molecule has 0 aliphatic carbocycles. The summed E-state index contributed by atoms with van der Waals surface area (Å²) in [5, 5.41) is 12.0. The van der Waals surface area contributed by atoms with Gasteiger partial charge in [0.1, 0.15) is 0 Å². The van der Waals surface area contributed by atoms with Gasteiger partial charge in [0.15, 0.2) is 0 Å². The quantitative estimate of drug-likeness (QED) is 0.553. The van der Waals surface area contributed by atoms with Gasteiger partial charge in [-0.3, -0.25) is 4.79 Å². The largest absolute Gasteiger partial charge is 0.469 e. The Balaban J connectivity index is 2.62. The first kappa shape index (κ1) is 18.3. The zero-order valence-corrected chi connectivity index (χ0v) is 14.3. The number of hydrogen-bond donors (Lipinski definition) is 3. The molecule has 2 aromatic carbocycles. The van der Waals surface area contributed by atoms with E-state index in [0.29, 0.717) is 17.7 Å². The van der Waals surface area contributed by atoms with Crippen molar-refractivity contribution in [1.29, 1.82) is 0 Å². The van der Waals surface area contributed by atoms with Gasteiger partial charge in [-0.25, -0.2) is 4.79 Å². The maximum absolute atomic E-state index is 12.1. The van der Waals surface area contributed by atoms with Crippen LogP contribution in [0.15, 0.2) is 48.5 Å². The van der Waals surface area contributed by atoms with E-state index in [0.717, 1.165) is 11.1 Å². The number of carboxylic acid groups (broad SMARTS) is 1. The lowest BCUT2D eigenvalue weighted by Crippen LogP contribution is -2.49. The Morgan fingerprint density at radius 1 is 1.20 bits per heavy atom. The van der Waals surface area contributed by atoms with Gasteiger partial charge in [0.05, 0.1) is 19.1 Å². The Hall–Kier alpha value is -3.02. The van der Waals surface area contributed by atoms with Crippen LogP contribution in [-0.4, -0.2) is 24.3 Å². The number of nitrogens with two attached hydrogens (primary N) is 1. The van der Waals surface area contributed by atoms with Crippen LogP contribution in [0.4, 0.5) is 10.5 Å². The van der Waals surface area contributed by atoms with Gasteiger partial charge in [0.25, 0.3) is 0 Å². The number of benzene rings is 2. The third-order valence-electron chi connectivity index (χ3n) is 4.15. The Morgan fingerprint density at radius 2 is 1.88 bits per heavy atom. The monoisotopic (exact) mass is 342 g/mol. The van der Waals surface area contributed by atoms with Crippen molar-refractivity contribution in [2.45, 2.75) is 25.3 Å². The first-order chi connectivity index (χ1) is 11.9. The normalized spacial score (nSPS) is 12.9. The molecule has 6 nitrogen and oxygen atoms in total. The van der Waals surface area contributed by atoms with Gasteiger partial charge < -0.3 is 20.9 Å². The molecular weight excluding hydrogens is 320 g/mol. The molecule has 0 spiro atoms. The lowest BCUT2D eigenvalue weighted by molar-refractivity contribution is -0.142. The van der Waals surface area contributed by atoms with Crippen molar-refractivity contribution in [3.05, 3.63) is 65.2 Å². The first-order valence-corrected chi connectivity index (χ1v) is 7.85. The third kappa shape index (κ3) is 4.50. The molecule has 2 rings (SSSR count). The summed E-state index contributed by atoms with van der Waals surface area (Å²) in [7, 11) is 1.28. The lowest BCUT2D eigenvalue weighted by atomic mass is 9.79. The summed E-state index contributed by atoms with van der Waals surface area (Å²) in [6.07, 6.45) is -1.07. The number of aryl methyl sites for hydroxylation is 1. The number of rotatable bonds is 6. The molecule has 0 heterocycles. The van der Waals surface area contributed by atoms with E-state index < -0.39 is 17.6 Å². The lowest BCUT2D eigenvalue weighted by Gasteiger charge is -2.35. The molecule has 1 amide bonds. The van der Waals surface area contributed by atoms with Gasteiger partial charge in [-0.1, -0.05) is 36.4 Å². The van der Waals surface area contributed by atoms with Gasteiger partial charge in [0.2, 0.25) is 0 Å². The standard InChI is InChI=1S/C19H22N2O4/c1-13-8-9-15(20)10-16(13)19(21-18(23)24,12-17(22)25-2)11-14-6-4-3-5-7-14/h3-10,21H,11-12,20H2,1-2H3,(H,23,24). The van der Waals surface area contributed by atoms with E-state index >= 15 is 0 Å². The Labute approximate surface area is 146 Å². The van der Waals surface area contributed by atoms with Crippen LogP contribution in [0.25, 0.3) is 0 Å². The van der Waals surface area contributed by atoms with Crippen LogP contribution in [0.5, 0.6) is 0 Å². The second kappa shape index (κ2) is 7.70. The highest BCUT2D eigenvalue weighted by Crippen LogP contribution is 2.33. The Kier molecular flexibility index (Phi) is 5.64. The average molecular weight is 342 g/mol. The van der Waals surface area contributed by atoms with Gasteiger partial charge in [-0.05, 0) is 35.7 Å². The number of carbonyl (C=O) groups is 2. The molecule has 1 atom stereocenters. The topological polar surface area (TPSA) is 102 Å². The Morgan fingerprint density at radius 3 is 2.48 bits per heavy atom. The fraction of sp³-hybridized carbons (Fsp3) is 0.263. The second-order valence-electron chi connectivity index (χ2n) is 6.00. The number of nitrogen functional groups attached to an aromatic ring is 1. The molecule has 0 bridgehead atoms. The molecule has 0 saturated heterocycles. The van der Waals surface area contributed by atoms with E-state index in [2.05, 4.69) is 5.32 Å². The predicted octanol–water partition coefficient (Wildman–Crippen LogP) is 2.85. The summed E-state index contributed by atoms with van der Waals surface area (Å²) in [6.45, 7) is 1.86. The molecule has 2 aromatic rings. The maximum Gasteiger partial charge on any atom is 0.405 e. The fourth-order valence-electron chi connectivity index (χ4n) is 3.03. The number of carbonyl (C=O) groups excluding carboxylic acids is 1. The van der Waals surface area contributed by atoms with Crippen molar-refractivity contribution in [2.75, 3.05) is 12.8 Å². The van der Waals surface area contributed by atoms with Gasteiger partial charge in [-0.2, -0.15) is 0 Å². The summed E-state index contributed by atoms with van der Waals surface area (Å²) in [5.41, 5.74) is 7.62. The molecule has 0 aliphatic rings. The van der Waals surface area contributed by atoms with Crippen molar-refractivity contribution in [3.63, 3.8) is 0 Å². The molecule has 1 unspecified atom stereocenters. The van der Waals surface area contributed by atoms with E-state index in [1.165, 1.54) is 7.11 Å². The van der Waals surface area contributed by atoms with Crippen LogP contribution >= 0.6 is 0 Å². The molecule has 6 heteroatoms. The molecule has 4 N–H and O–H groups in total. The number of anilines is 1. The van der Waals surface area contributed by atoms with Crippen LogP contribution in [-0.2, 0) is 21.5 Å². The Bertz CT molecular complexity index is 761. The van der Waals surface area contributed by atoms with Gasteiger partial charge in [-0.15, -0.1) is 0 Å². The fourth-order valence-corrected chi connectivity index (χ4v) is 3.03. The molecule has 25 heavy (non-hydrogen) atoms. The van der Waals surface area contributed by atoms with E-state index in [1.54, 1.807) is 12.1 Å². The van der Waals surface area contributed by atoms with E-state index in [4.69, 9.17) is 10.5 Å². The molecule has 0 radical (unpaired) electrons. The zero-order chi connectivity index (χ0) is 18.4. The number of amides is 1. The molecule has 0 aliphatic heterocycles. The number of methoxy groups -OCH3 is 1. The second-order valence-corrected chi connectivity index (χ2v) is 6.00. The first-order valence-electron chi connectivity index (χ1n) is 7.85. The highest BCUT2D eigenvalue weighted by Gasteiger charge is 2.38. The zero-order valence-electron chi connectivity index (χ0n) is 14.3. The number of ether oxygens (including phenoxy) is 1. The number of hydrogen-bond acceptors (Lipinski definition) is 4. The SMILES string of the molecule is COC(=O)CC(Cc1ccccc1)(NC(=O)O)c1cc(N)ccc1C. The minimum absolute atomic E-state index is 0.144. The highest BCUT2D eigenvalue weighted by atomic mass is 16.5. The summed E-state index contributed by atoms with van der Waals surface area (Å²) >= 11 is 0.